The Kier molecular flexibility index (Phi) is 9.35. The van der Waals surface area contributed by atoms with E-state index in [1.807, 2.05) is 30.6 Å². The van der Waals surface area contributed by atoms with Crippen molar-refractivity contribution >= 4 is 29.9 Å². The SMILES string of the molecule is CCNC(=NCc1ccnc(-n2cccn2)c1)NCC(C)(C)N1CCCCC1.I. The summed E-state index contributed by atoms with van der Waals surface area (Å²) in [5, 5.41) is 11.1. The molecule has 1 aliphatic rings. The Morgan fingerprint density at radius 1 is 1.17 bits per heavy atom. The Morgan fingerprint density at radius 3 is 2.66 bits per heavy atom. The topological polar surface area (TPSA) is 70.4 Å². The van der Waals surface area contributed by atoms with Gasteiger partial charge in [0, 0.05) is 37.2 Å². The van der Waals surface area contributed by atoms with Crippen LogP contribution < -0.4 is 10.6 Å². The average molecular weight is 511 g/mol. The summed E-state index contributed by atoms with van der Waals surface area (Å²) in [5.41, 5.74) is 1.22. The van der Waals surface area contributed by atoms with E-state index in [1.54, 1.807) is 10.9 Å². The lowest BCUT2D eigenvalue weighted by Gasteiger charge is -2.41. The van der Waals surface area contributed by atoms with Gasteiger partial charge in [0.1, 0.15) is 0 Å². The molecule has 0 aromatic carbocycles. The summed E-state index contributed by atoms with van der Waals surface area (Å²) in [6.45, 7) is 11.4. The van der Waals surface area contributed by atoms with Gasteiger partial charge in [0.2, 0.25) is 0 Å². The van der Waals surface area contributed by atoms with Crippen molar-refractivity contribution in [2.75, 3.05) is 26.2 Å². The molecule has 8 heteroatoms. The third-order valence-electron chi connectivity index (χ3n) is 5.21. The zero-order valence-corrected chi connectivity index (χ0v) is 20.1. The zero-order valence-electron chi connectivity index (χ0n) is 17.8. The maximum Gasteiger partial charge on any atom is 0.191 e. The lowest BCUT2D eigenvalue weighted by atomic mass is 9.98. The smallest absolute Gasteiger partial charge is 0.191 e. The first kappa shape index (κ1) is 23.6. The maximum atomic E-state index is 4.77. The molecule has 3 rings (SSSR count). The van der Waals surface area contributed by atoms with Crippen LogP contribution >= 0.6 is 24.0 Å². The van der Waals surface area contributed by atoms with Crippen LogP contribution in [0.1, 0.15) is 45.6 Å². The van der Waals surface area contributed by atoms with Crippen LogP contribution in [-0.2, 0) is 6.54 Å². The lowest BCUT2D eigenvalue weighted by Crippen LogP contribution is -2.54. The molecule has 1 saturated heterocycles. The number of piperidine rings is 1. The molecule has 1 aliphatic heterocycles. The minimum Gasteiger partial charge on any atom is -0.357 e. The average Bonchev–Trinajstić information content (AvgIpc) is 3.26. The number of hydrogen-bond donors (Lipinski definition) is 2. The molecule has 0 saturated carbocycles. The second kappa shape index (κ2) is 11.5. The molecule has 2 N–H and O–H groups in total. The number of aliphatic imine (C=N–C) groups is 1. The van der Waals surface area contributed by atoms with Crippen molar-refractivity contribution in [3.63, 3.8) is 0 Å². The summed E-state index contributed by atoms with van der Waals surface area (Å²) in [5.74, 6) is 1.66. The van der Waals surface area contributed by atoms with Crippen LogP contribution in [0.5, 0.6) is 0 Å². The molecule has 0 aliphatic carbocycles. The minimum atomic E-state index is 0. The summed E-state index contributed by atoms with van der Waals surface area (Å²) in [6, 6.07) is 5.92. The van der Waals surface area contributed by atoms with Crippen molar-refractivity contribution in [2.45, 2.75) is 52.1 Å². The fourth-order valence-electron chi connectivity index (χ4n) is 3.51. The molecule has 2 aromatic rings. The summed E-state index contributed by atoms with van der Waals surface area (Å²) in [4.78, 5) is 11.7. The van der Waals surface area contributed by atoms with Crippen LogP contribution in [0.3, 0.4) is 0 Å². The van der Waals surface area contributed by atoms with Gasteiger partial charge in [-0.2, -0.15) is 5.10 Å². The second-order valence-corrected chi connectivity index (χ2v) is 7.88. The van der Waals surface area contributed by atoms with Gasteiger partial charge in [0.15, 0.2) is 11.8 Å². The van der Waals surface area contributed by atoms with Gasteiger partial charge in [-0.1, -0.05) is 6.42 Å². The minimum absolute atomic E-state index is 0. The van der Waals surface area contributed by atoms with E-state index < -0.39 is 0 Å². The van der Waals surface area contributed by atoms with E-state index >= 15 is 0 Å². The van der Waals surface area contributed by atoms with Crippen LogP contribution in [0.25, 0.3) is 5.82 Å². The van der Waals surface area contributed by atoms with Crippen molar-refractivity contribution < 1.29 is 0 Å². The Hall–Kier alpha value is -1.68. The first-order chi connectivity index (χ1) is 13.6. The third kappa shape index (κ3) is 6.95. The van der Waals surface area contributed by atoms with Gasteiger partial charge in [-0.15, -0.1) is 24.0 Å². The van der Waals surface area contributed by atoms with Crippen LogP contribution in [0.2, 0.25) is 0 Å². The largest absolute Gasteiger partial charge is 0.357 e. The lowest BCUT2D eigenvalue weighted by molar-refractivity contribution is 0.0982. The van der Waals surface area contributed by atoms with Gasteiger partial charge < -0.3 is 10.6 Å². The normalized spacial score (nSPS) is 15.6. The predicted octanol–water partition coefficient (Wildman–Crippen LogP) is 3.20. The Labute approximate surface area is 191 Å². The number of rotatable bonds is 7. The number of pyridine rings is 1. The molecule has 0 atom stereocenters. The van der Waals surface area contributed by atoms with Gasteiger partial charge in [-0.25, -0.2) is 14.7 Å². The van der Waals surface area contributed by atoms with Crippen LogP contribution in [0.4, 0.5) is 0 Å². The molecule has 29 heavy (non-hydrogen) atoms. The van der Waals surface area contributed by atoms with Gasteiger partial charge in [0.05, 0.1) is 6.54 Å². The molecule has 0 amide bonds. The number of nitrogens with zero attached hydrogens (tertiary/aromatic N) is 5. The van der Waals surface area contributed by atoms with Crippen LogP contribution in [-0.4, -0.2) is 57.3 Å². The van der Waals surface area contributed by atoms with E-state index in [-0.39, 0.29) is 29.5 Å². The first-order valence-corrected chi connectivity index (χ1v) is 10.3. The summed E-state index contributed by atoms with van der Waals surface area (Å²) >= 11 is 0. The Morgan fingerprint density at radius 2 is 1.97 bits per heavy atom. The fraction of sp³-hybridized carbons (Fsp3) is 0.571. The highest BCUT2D eigenvalue weighted by Crippen LogP contribution is 2.19. The number of guanidine groups is 1. The molecule has 0 radical (unpaired) electrons. The quantitative estimate of drug-likeness (QED) is 0.340. The van der Waals surface area contributed by atoms with Crippen molar-refractivity contribution in [2.24, 2.45) is 4.99 Å². The van der Waals surface area contributed by atoms with Crippen LogP contribution in [0, 0.1) is 0 Å². The molecule has 2 aromatic heterocycles. The third-order valence-corrected chi connectivity index (χ3v) is 5.21. The van der Waals surface area contributed by atoms with Crippen molar-refractivity contribution in [1.29, 1.82) is 0 Å². The molecular weight excluding hydrogens is 477 g/mol. The van der Waals surface area contributed by atoms with E-state index in [4.69, 9.17) is 4.99 Å². The number of hydrogen-bond acceptors (Lipinski definition) is 4. The molecule has 0 unspecified atom stereocenters. The highest BCUT2D eigenvalue weighted by molar-refractivity contribution is 14.0. The highest BCUT2D eigenvalue weighted by Gasteiger charge is 2.27. The predicted molar refractivity (Wildman–Crippen MR) is 129 cm³/mol. The van der Waals surface area contributed by atoms with E-state index in [1.165, 1.54) is 32.4 Å². The van der Waals surface area contributed by atoms with E-state index in [0.717, 1.165) is 30.4 Å². The summed E-state index contributed by atoms with van der Waals surface area (Å²) in [6.07, 6.45) is 9.42. The van der Waals surface area contributed by atoms with Crippen molar-refractivity contribution in [3.05, 3.63) is 42.4 Å². The summed E-state index contributed by atoms with van der Waals surface area (Å²) in [7, 11) is 0. The molecule has 160 valence electrons. The fourth-order valence-corrected chi connectivity index (χ4v) is 3.51. The maximum absolute atomic E-state index is 4.77. The Bertz CT molecular complexity index is 752. The van der Waals surface area contributed by atoms with Gasteiger partial charge in [-0.05, 0) is 70.5 Å². The van der Waals surface area contributed by atoms with Gasteiger partial charge >= 0.3 is 0 Å². The van der Waals surface area contributed by atoms with Crippen molar-refractivity contribution in [3.8, 4) is 5.82 Å². The Balaban J connectivity index is 0.00000300. The molecular formula is C21H34IN7. The van der Waals surface area contributed by atoms with Crippen molar-refractivity contribution in [1.82, 2.24) is 30.3 Å². The van der Waals surface area contributed by atoms with Gasteiger partial charge in [-0.3, -0.25) is 4.90 Å². The number of nitrogens with one attached hydrogen (secondary N) is 2. The van der Waals surface area contributed by atoms with E-state index in [2.05, 4.69) is 46.4 Å². The summed E-state index contributed by atoms with van der Waals surface area (Å²) < 4.78 is 1.76. The molecule has 3 heterocycles. The molecule has 7 nitrogen and oxygen atoms in total. The van der Waals surface area contributed by atoms with Gasteiger partial charge in [0.25, 0.3) is 0 Å². The second-order valence-electron chi connectivity index (χ2n) is 7.88. The number of likely N-dealkylation sites (tertiary alicyclic amines) is 1. The highest BCUT2D eigenvalue weighted by atomic mass is 127. The van der Waals surface area contributed by atoms with E-state index in [9.17, 15) is 0 Å². The zero-order chi connectivity index (χ0) is 19.8. The molecule has 0 spiro atoms. The monoisotopic (exact) mass is 511 g/mol. The first-order valence-electron chi connectivity index (χ1n) is 10.3. The van der Waals surface area contributed by atoms with E-state index in [0.29, 0.717) is 6.54 Å². The standard InChI is InChI=1S/C21H33N7.HI/c1-4-22-20(25-17-21(2,3)27-12-6-5-7-13-27)24-16-18-9-11-23-19(15-18)28-14-8-10-26-28;/h8-11,14-15H,4-7,12-13,16-17H2,1-3H3,(H2,22,24,25);1H. The molecule has 0 bridgehead atoms. The number of aromatic nitrogens is 3. The number of halogens is 1. The molecule has 1 fully saturated rings. The van der Waals surface area contributed by atoms with Crippen LogP contribution in [0.15, 0.2) is 41.8 Å².